The Labute approximate surface area is 116 Å². The first-order chi connectivity index (χ1) is 8.81. The highest BCUT2D eigenvalue weighted by Crippen LogP contribution is 2.45. The second-order valence-corrected chi connectivity index (χ2v) is 7.03. The van der Waals surface area contributed by atoms with Crippen molar-refractivity contribution < 1.29 is 5.11 Å². The molecule has 1 heterocycles. The van der Waals surface area contributed by atoms with Gasteiger partial charge in [0.25, 0.3) is 0 Å². The van der Waals surface area contributed by atoms with Gasteiger partial charge in [0.15, 0.2) is 0 Å². The van der Waals surface area contributed by atoms with Gasteiger partial charge in [-0.2, -0.15) is 0 Å². The molecule has 0 radical (unpaired) electrons. The Kier molecular flexibility index (Phi) is 3.86. The maximum atomic E-state index is 11.1. The van der Waals surface area contributed by atoms with Gasteiger partial charge in [0, 0.05) is 12.6 Å². The van der Waals surface area contributed by atoms with Gasteiger partial charge in [0.05, 0.1) is 5.60 Å². The van der Waals surface area contributed by atoms with E-state index in [2.05, 4.69) is 25.8 Å². The van der Waals surface area contributed by atoms with E-state index < -0.39 is 5.60 Å². The van der Waals surface area contributed by atoms with Crippen LogP contribution in [0.2, 0.25) is 0 Å². The number of nitrogens with two attached hydrogens (primary N) is 1. The lowest BCUT2D eigenvalue weighted by Gasteiger charge is -2.47. The molecule has 1 saturated carbocycles. The van der Waals surface area contributed by atoms with Gasteiger partial charge in [-0.3, -0.25) is 0 Å². The fraction of sp³-hybridized carbons (Fsp3) is 0.688. The molecule has 1 aliphatic carbocycles. The van der Waals surface area contributed by atoms with E-state index in [-0.39, 0.29) is 5.41 Å². The van der Waals surface area contributed by atoms with E-state index in [1.165, 1.54) is 6.42 Å². The van der Waals surface area contributed by atoms with Gasteiger partial charge in [-0.05, 0) is 41.9 Å². The third-order valence-electron chi connectivity index (χ3n) is 4.40. The molecule has 1 fully saturated rings. The van der Waals surface area contributed by atoms with Crippen LogP contribution in [-0.2, 0) is 6.42 Å². The third kappa shape index (κ3) is 3.27. The first-order valence-corrected chi connectivity index (χ1v) is 7.24. The maximum Gasteiger partial charge on any atom is 0.123 e. The van der Waals surface area contributed by atoms with Gasteiger partial charge < -0.3 is 10.8 Å². The van der Waals surface area contributed by atoms with Crippen LogP contribution in [0.15, 0.2) is 18.3 Å². The van der Waals surface area contributed by atoms with Gasteiger partial charge in [0.1, 0.15) is 5.82 Å². The molecule has 3 nitrogen and oxygen atoms in total. The zero-order valence-corrected chi connectivity index (χ0v) is 12.3. The number of nitrogens with zero attached hydrogens (tertiary/aromatic N) is 1. The molecule has 3 N–H and O–H groups in total. The molecule has 0 spiro atoms. The Morgan fingerprint density at radius 2 is 2.16 bits per heavy atom. The fourth-order valence-electron chi connectivity index (χ4n) is 3.63. The van der Waals surface area contributed by atoms with Crippen LogP contribution < -0.4 is 5.73 Å². The maximum absolute atomic E-state index is 11.1. The molecule has 0 amide bonds. The highest BCUT2D eigenvalue weighted by Gasteiger charge is 2.44. The topological polar surface area (TPSA) is 59.1 Å². The zero-order chi connectivity index (χ0) is 14.1. The predicted molar refractivity (Wildman–Crippen MR) is 78.7 cm³/mol. The summed E-state index contributed by atoms with van der Waals surface area (Å²) in [6.07, 6.45) is 6.74. The number of pyridine rings is 1. The molecule has 19 heavy (non-hydrogen) atoms. The molecule has 3 heteroatoms. The van der Waals surface area contributed by atoms with E-state index in [1.54, 1.807) is 6.20 Å². The predicted octanol–water partition coefficient (Wildman–Crippen LogP) is 3.17. The quantitative estimate of drug-likeness (QED) is 0.860. The molecule has 2 rings (SSSR count). The van der Waals surface area contributed by atoms with E-state index in [9.17, 15) is 5.11 Å². The van der Waals surface area contributed by atoms with Crippen molar-refractivity contribution in [2.45, 2.75) is 58.5 Å². The number of hydrogen-bond acceptors (Lipinski definition) is 3. The lowest BCUT2D eigenvalue weighted by atomic mass is 9.62. The van der Waals surface area contributed by atoms with Crippen LogP contribution in [0.5, 0.6) is 0 Å². The van der Waals surface area contributed by atoms with Crippen molar-refractivity contribution in [1.82, 2.24) is 4.98 Å². The average molecular weight is 262 g/mol. The summed E-state index contributed by atoms with van der Waals surface area (Å²) in [5.41, 5.74) is 6.35. The molecule has 1 aliphatic rings. The van der Waals surface area contributed by atoms with Crippen LogP contribution in [-0.4, -0.2) is 15.7 Å². The van der Waals surface area contributed by atoms with Crippen LogP contribution in [0.25, 0.3) is 0 Å². The lowest BCUT2D eigenvalue weighted by molar-refractivity contribution is -0.0889. The van der Waals surface area contributed by atoms with Crippen molar-refractivity contribution in [3.8, 4) is 0 Å². The minimum absolute atomic E-state index is 0.133. The Balaban J connectivity index is 2.23. The normalized spacial score (nSPS) is 28.3. The first kappa shape index (κ1) is 14.3. The smallest absolute Gasteiger partial charge is 0.123 e. The zero-order valence-electron chi connectivity index (χ0n) is 12.3. The highest BCUT2D eigenvalue weighted by atomic mass is 16.3. The Bertz CT molecular complexity index is 439. The minimum Gasteiger partial charge on any atom is -0.389 e. The first-order valence-electron chi connectivity index (χ1n) is 7.24. The number of hydrogen-bond donors (Lipinski definition) is 2. The van der Waals surface area contributed by atoms with Crippen molar-refractivity contribution in [2.24, 2.45) is 11.3 Å². The minimum atomic E-state index is -0.607. The van der Waals surface area contributed by atoms with Crippen molar-refractivity contribution in [3.05, 3.63) is 23.9 Å². The van der Waals surface area contributed by atoms with E-state index in [0.717, 1.165) is 24.8 Å². The fourth-order valence-corrected chi connectivity index (χ4v) is 3.63. The monoisotopic (exact) mass is 262 g/mol. The summed E-state index contributed by atoms with van der Waals surface area (Å²) in [5, 5.41) is 11.1. The summed E-state index contributed by atoms with van der Waals surface area (Å²) in [4.78, 5) is 4.02. The van der Waals surface area contributed by atoms with Crippen LogP contribution in [0.3, 0.4) is 0 Å². The molecule has 0 bridgehead atoms. The lowest BCUT2D eigenvalue weighted by Crippen LogP contribution is -2.48. The molecule has 2 unspecified atom stereocenters. The average Bonchev–Trinajstić information content (AvgIpc) is 2.27. The molecule has 0 aliphatic heterocycles. The van der Waals surface area contributed by atoms with Crippen LogP contribution >= 0.6 is 0 Å². The summed E-state index contributed by atoms with van der Waals surface area (Å²) >= 11 is 0. The van der Waals surface area contributed by atoms with Crippen LogP contribution in [0.1, 0.15) is 52.0 Å². The largest absolute Gasteiger partial charge is 0.389 e. The number of rotatable bonds is 2. The van der Waals surface area contributed by atoms with Gasteiger partial charge >= 0.3 is 0 Å². The Morgan fingerprint density at radius 1 is 1.42 bits per heavy atom. The molecule has 1 aromatic rings. The van der Waals surface area contributed by atoms with Gasteiger partial charge in [-0.25, -0.2) is 4.98 Å². The van der Waals surface area contributed by atoms with Crippen molar-refractivity contribution in [3.63, 3.8) is 0 Å². The molecule has 1 aromatic heterocycles. The molecule has 0 aromatic carbocycles. The number of aromatic nitrogens is 1. The summed E-state index contributed by atoms with van der Waals surface area (Å²) in [5.74, 6) is 0.868. The van der Waals surface area contributed by atoms with E-state index in [1.807, 2.05) is 12.1 Å². The summed E-state index contributed by atoms with van der Waals surface area (Å²) in [6.45, 7) is 6.69. The molecule has 106 valence electrons. The van der Waals surface area contributed by atoms with Crippen molar-refractivity contribution in [1.29, 1.82) is 0 Å². The summed E-state index contributed by atoms with van der Waals surface area (Å²) < 4.78 is 0. The molecular formula is C16H26N2O. The third-order valence-corrected chi connectivity index (χ3v) is 4.40. The summed E-state index contributed by atoms with van der Waals surface area (Å²) in [6, 6.07) is 3.84. The number of aliphatic hydroxyl groups is 1. The number of anilines is 1. The van der Waals surface area contributed by atoms with E-state index >= 15 is 0 Å². The van der Waals surface area contributed by atoms with Crippen LogP contribution in [0.4, 0.5) is 5.82 Å². The SMILES string of the molecule is CC(C)(C)C1CCCCC1(O)Cc1ccnc(N)c1. The molecule has 2 atom stereocenters. The molecular weight excluding hydrogens is 236 g/mol. The van der Waals surface area contributed by atoms with Gasteiger partial charge in [0.2, 0.25) is 0 Å². The standard InChI is InChI=1S/C16H26N2O/c1-15(2,3)13-6-4-5-8-16(13,19)11-12-7-9-18-14(17)10-12/h7,9-10,13,19H,4-6,8,11H2,1-3H3,(H2,17,18). The van der Waals surface area contributed by atoms with Crippen molar-refractivity contribution in [2.75, 3.05) is 5.73 Å². The molecule has 0 saturated heterocycles. The number of nitrogen functional groups attached to an aromatic ring is 1. The Hall–Kier alpha value is -1.09. The second-order valence-electron chi connectivity index (χ2n) is 7.03. The van der Waals surface area contributed by atoms with Crippen LogP contribution in [0, 0.1) is 11.3 Å². The summed E-state index contributed by atoms with van der Waals surface area (Å²) in [7, 11) is 0. The van der Waals surface area contributed by atoms with Crippen molar-refractivity contribution >= 4 is 5.82 Å². The Morgan fingerprint density at radius 3 is 2.79 bits per heavy atom. The second kappa shape index (κ2) is 5.12. The van der Waals surface area contributed by atoms with E-state index in [0.29, 0.717) is 18.2 Å². The van der Waals surface area contributed by atoms with Gasteiger partial charge in [-0.15, -0.1) is 0 Å². The van der Waals surface area contributed by atoms with E-state index in [4.69, 9.17) is 5.73 Å². The highest BCUT2D eigenvalue weighted by molar-refractivity contribution is 5.32. The van der Waals surface area contributed by atoms with Gasteiger partial charge in [-0.1, -0.05) is 33.6 Å².